The summed E-state index contributed by atoms with van der Waals surface area (Å²) in [6, 6.07) is 22.3. The molecule has 3 aromatic rings. The predicted molar refractivity (Wildman–Crippen MR) is 100 cm³/mol. The molecule has 1 aromatic heterocycles. The highest BCUT2D eigenvalue weighted by atomic mass is 32.1. The van der Waals surface area contributed by atoms with Crippen molar-refractivity contribution in [1.29, 1.82) is 0 Å². The Balaban J connectivity index is 1.81. The first-order valence-corrected chi connectivity index (χ1v) is 9.06. The molecule has 0 aliphatic rings. The number of rotatable bonds is 6. The smallest absolute Gasteiger partial charge is 0.221 e. The van der Waals surface area contributed by atoms with Gasteiger partial charge >= 0.3 is 0 Å². The number of amides is 1. The van der Waals surface area contributed by atoms with Crippen LogP contribution in [0.25, 0.3) is 0 Å². The van der Waals surface area contributed by atoms with E-state index >= 15 is 0 Å². The van der Waals surface area contributed by atoms with Crippen LogP contribution in [0.5, 0.6) is 0 Å². The fourth-order valence-corrected chi connectivity index (χ4v) is 3.59. The third-order valence-corrected chi connectivity index (χ3v) is 5.04. The second-order valence-electron chi connectivity index (χ2n) is 6.04. The highest BCUT2D eigenvalue weighted by molar-refractivity contribution is 7.07. The third kappa shape index (κ3) is 3.74. The van der Waals surface area contributed by atoms with E-state index in [-0.39, 0.29) is 5.91 Å². The second kappa shape index (κ2) is 7.45. The molecule has 0 spiro atoms. The molecular weight excluding hydrogens is 314 g/mol. The average Bonchev–Trinajstić information content (AvgIpc) is 3.15. The molecule has 0 fully saturated rings. The van der Waals surface area contributed by atoms with Gasteiger partial charge in [0.05, 0.1) is 5.54 Å². The maximum atomic E-state index is 12.6. The summed E-state index contributed by atoms with van der Waals surface area (Å²) in [7, 11) is 0. The Morgan fingerprint density at radius 1 is 0.958 bits per heavy atom. The summed E-state index contributed by atoms with van der Waals surface area (Å²) < 4.78 is 0. The number of carbonyl (C=O) groups is 1. The van der Waals surface area contributed by atoms with Gasteiger partial charge in [0, 0.05) is 6.42 Å². The lowest BCUT2D eigenvalue weighted by Crippen LogP contribution is -2.44. The van der Waals surface area contributed by atoms with Crippen molar-refractivity contribution < 1.29 is 4.79 Å². The number of carbonyl (C=O) groups excluding carboxylic acids is 1. The Labute approximate surface area is 147 Å². The first kappa shape index (κ1) is 16.5. The first-order chi connectivity index (χ1) is 11.7. The zero-order valence-corrected chi connectivity index (χ0v) is 14.6. The van der Waals surface area contributed by atoms with Crippen LogP contribution in [0.1, 0.15) is 30.0 Å². The van der Waals surface area contributed by atoms with Crippen molar-refractivity contribution >= 4 is 17.2 Å². The molecule has 0 bridgehead atoms. The molecule has 0 radical (unpaired) electrons. The average molecular weight is 335 g/mol. The van der Waals surface area contributed by atoms with Crippen LogP contribution in [-0.4, -0.2) is 5.91 Å². The summed E-state index contributed by atoms with van der Waals surface area (Å²) in [5.74, 6) is 0.0661. The highest BCUT2D eigenvalue weighted by Gasteiger charge is 2.30. The molecular formula is C21H21NOS. The fourth-order valence-electron chi connectivity index (χ4n) is 2.89. The number of nitrogens with one attached hydrogen (secondary N) is 1. The zero-order chi connectivity index (χ0) is 16.8. The van der Waals surface area contributed by atoms with Gasteiger partial charge in [0.25, 0.3) is 0 Å². The van der Waals surface area contributed by atoms with Crippen molar-refractivity contribution in [1.82, 2.24) is 5.32 Å². The summed E-state index contributed by atoms with van der Waals surface area (Å²) in [5, 5.41) is 7.40. The lowest BCUT2D eigenvalue weighted by atomic mass is 9.84. The van der Waals surface area contributed by atoms with Gasteiger partial charge in [-0.25, -0.2) is 0 Å². The van der Waals surface area contributed by atoms with Crippen LogP contribution in [0.2, 0.25) is 0 Å². The fraction of sp³-hybridized carbons (Fsp3) is 0.190. The molecule has 0 saturated carbocycles. The lowest BCUT2D eigenvalue weighted by molar-refractivity contribution is -0.122. The number of benzene rings is 2. The van der Waals surface area contributed by atoms with E-state index in [0.717, 1.165) is 17.5 Å². The van der Waals surface area contributed by atoms with E-state index in [1.807, 2.05) is 41.8 Å². The predicted octanol–water partition coefficient (Wildman–Crippen LogP) is 4.76. The minimum absolute atomic E-state index is 0.0661. The van der Waals surface area contributed by atoms with Gasteiger partial charge in [0.2, 0.25) is 5.91 Å². The van der Waals surface area contributed by atoms with Crippen molar-refractivity contribution in [2.75, 3.05) is 0 Å². The van der Waals surface area contributed by atoms with Crippen LogP contribution in [0.3, 0.4) is 0 Å². The molecule has 1 amide bonds. The normalized spacial score (nSPS) is 11.2. The molecule has 2 aromatic carbocycles. The topological polar surface area (TPSA) is 29.1 Å². The van der Waals surface area contributed by atoms with Crippen LogP contribution in [-0.2, 0) is 16.8 Å². The van der Waals surface area contributed by atoms with Gasteiger partial charge in [0.15, 0.2) is 0 Å². The van der Waals surface area contributed by atoms with Crippen molar-refractivity contribution in [2.45, 2.75) is 25.3 Å². The van der Waals surface area contributed by atoms with E-state index in [1.54, 1.807) is 11.3 Å². The Bertz CT molecular complexity index is 727. The summed E-state index contributed by atoms with van der Waals surface area (Å²) in [6.45, 7) is 2.07. The largest absolute Gasteiger partial charge is 0.343 e. The van der Waals surface area contributed by atoms with E-state index in [1.165, 1.54) is 5.56 Å². The van der Waals surface area contributed by atoms with Crippen LogP contribution in [0.15, 0.2) is 77.5 Å². The molecule has 3 heteroatoms. The standard InChI is InChI=1S/C21H21NOS/c1-21(18-8-4-2-5-9-18,19-10-6-3-7-11-19)22-20(23)13-12-17-14-15-24-16-17/h2-11,14-16H,12-13H2,1H3,(H,22,23). The lowest BCUT2D eigenvalue weighted by Gasteiger charge is -2.32. The summed E-state index contributed by atoms with van der Waals surface area (Å²) >= 11 is 1.67. The minimum atomic E-state index is -0.533. The Kier molecular flexibility index (Phi) is 5.11. The molecule has 24 heavy (non-hydrogen) atoms. The van der Waals surface area contributed by atoms with E-state index in [9.17, 15) is 4.79 Å². The Morgan fingerprint density at radius 3 is 2.04 bits per heavy atom. The maximum Gasteiger partial charge on any atom is 0.221 e. The van der Waals surface area contributed by atoms with Crippen molar-refractivity contribution in [3.63, 3.8) is 0 Å². The quantitative estimate of drug-likeness (QED) is 0.691. The molecule has 3 rings (SSSR count). The molecule has 0 atom stereocenters. The van der Waals surface area contributed by atoms with Crippen LogP contribution < -0.4 is 5.32 Å². The minimum Gasteiger partial charge on any atom is -0.343 e. The van der Waals surface area contributed by atoms with Gasteiger partial charge in [-0.05, 0) is 46.9 Å². The van der Waals surface area contributed by atoms with Crippen molar-refractivity contribution in [3.05, 3.63) is 94.2 Å². The molecule has 0 aliphatic carbocycles. The maximum absolute atomic E-state index is 12.6. The first-order valence-electron chi connectivity index (χ1n) is 8.11. The molecule has 0 aliphatic heterocycles. The van der Waals surface area contributed by atoms with E-state index < -0.39 is 5.54 Å². The molecule has 122 valence electrons. The molecule has 2 nitrogen and oxygen atoms in total. The van der Waals surface area contributed by atoms with Gasteiger partial charge < -0.3 is 5.32 Å². The number of hydrogen-bond acceptors (Lipinski definition) is 2. The van der Waals surface area contributed by atoms with Crippen LogP contribution >= 0.6 is 11.3 Å². The van der Waals surface area contributed by atoms with Crippen LogP contribution in [0, 0.1) is 0 Å². The van der Waals surface area contributed by atoms with Gasteiger partial charge in [-0.3, -0.25) is 4.79 Å². The highest BCUT2D eigenvalue weighted by Crippen LogP contribution is 2.29. The Hall–Kier alpha value is -2.39. The van der Waals surface area contributed by atoms with Crippen molar-refractivity contribution in [3.8, 4) is 0 Å². The number of thiophene rings is 1. The van der Waals surface area contributed by atoms with Crippen molar-refractivity contribution in [2.24, 2.45) is 0 Å². The molecule has 0 saturated heterocycles. The van der Waals surface area contributed by atoms with Gasteiger partial charge in [0.1, 0.15) is 0 Å². The van der Waals surface area contributed by atoms with E-state index in [2.05, 4.69) is 48.0 Å². The van der Waals surface area contributed by atoms with Crippen LogP contribution in [0.4, 0.5) is 0 Å². The number of aryl methyl sites for hydroxylation is 1. The monoisotopic (exact) mass is 335 g/mol. The molecule has 1 N–H and O–H groups in total. The summed E-state index contributed by atoms with van der Waals surface area (Å²) in [5.41, 5.74) is 2.85. The Morgan fingerprint density at radius 2 is 1.54 bits per heavy atom. The summed E-state index contributed by atoms with van der Waals surface area (Å²) in [4.78, 5) is 12.6. The second-order valence-corrected chi connectivity index (χ2v) is 6.82. The molecule has 1 heterocycles. The summed E-state index contributed by atoms with van der Waals surface area (Å²) in [6.07, 6.45) is 1.26. The van der Waals surface area contributed by atoms with E-state index in [4.69, 9.17) is 0 Å². The SMILES string of the molecule is CC(NC(=O)CCc1ccsc1)(c1ccccc1)c1ccccc1. The third-order valence-electron chi connectivity index (χ3n) is 4.31. The van der Waals surface area contributed by atoms with E-state index in [0.29, 0.717) is 6.42 Å². The molecule has 0 unspecified atom stereocenters. The zero-order valence-electron chi connectivity index (χ0n) is 13.7. The van der Waals surface area contributed by atoms with Gasteiger partial charge in [-0.1, -0.05) is 60.7 Å². The van der Waals surface area contributed by atoms with Gasteiger partial charge in [-0.2, -0.15) is 11.3 Å². The van der Waals surface area contributed by atoms with Gasteiger partial charge in [-0.15, -0.1) is 0 Å². The number of hydrogen-bond donors (Lipinski definition) is 1.